The standard InChI is InChI=1S/C17H25N3O2S/c1-5-19(6-2)15(21)10-14-17(22)20(11-12(3)4)13-8-7-9-18-16(13)23-14/h7-9,12,14H,5-6,10-11H2,1-4H3/t14-/m1/s1. The molecule has 2 rings (SSSR count). The number of fused-ring (bicyclic) bond motifs is 1. The number of amides is 2. The summed E-state index contributed by atoms with van der Waals surface area (Å²) in [5.74, 6) is 0.406. The van der Waals surface area contributed by atoms with Crippen molar-refractivity contribution < 1.29 is 9.59 Å². The first-order valence-corrected chi connectivity index (χ1v) is 9.06. The first-order valence-electron chi connectivity index (χ1n) is 8.18. The lowest BCUT2D eigenvalue weighted by atomic mass is 10.1. The van der Waals surface area contributed by atoms with Crippen molar-refractivity contribution in [2.24, 2.45) is 5.92 Å². The molecule has 0 saturated carbocycles. The Balaban J connectivity index is 2.23. The van der Waals surface area contributed by atoms with Gasteiger partial charge in [-0.05, 0) is 31.9 Å². The van der Waals surface area contributed by atoms with E-state index in [1.807, 2.05) is 26.0 Å². The highest BCUT2D eigenvalue weighted by Gasteiger charge is 2.36. The van der Waals surface area contributed by atoms with E-state index >= 15 is 0 Å². The summed E-state index contributed by atoms with van der Waals surface area (Å²) in [4.78, 5) is 33.2. The molecule has 0 bridgehead atoms. The van der Waals surface area contributed by atoms with Crippen LogP contribution in [-0.4, -0.2) is 46.6 Å². The molecule has 2 heterocycles. The molecule has 5 nitrogen and oxygen atoms in total. The molecule has 0 fully saturated rings. The van der Waals surface area contributed by atoms with Gasteiger partial charge in [-0.15, -0.1) is 0 Å². The van der Waals surface area contributed by atoms with Gasteiger partial charge in [0.15, 0.2) is 0 Å². The van der Waals surface area contributed by atoms with Crippen molar-refractivity contribution in [2.75, 3.05) is 24.5 Å². The maximum Gasteiger partial charge on any atom is 0.241 e. The highest BCUT2D eigenvalue weighted by Crippen LogP contribution is 2.39. The molecule has 0 spiro atoms. The number of hydrogen-bond acceptors (Lipinski definition) is 4. The smallest absolute Gasteiger partial charge is 0.241 e. The van der Waals surface area contributed by atoms with Gasteiger partial charge in [0, 0.05) is 32.3 Å². The zero-order valence-corrected chi connectivity index (χ0v) is 15.1. The van der Waals surface area contributed by atoms with Crippen molar-refractivity contribution in [1.82, 2.24) is 9.88 Å². The maximum atomic E-state index is 12.9. The predicted molar refractivity (Wildman–Crippen MR) is 93.6 cm³/mol. The predicted octanol–water partition coefficient (Wildman–Crippen LogP) is 2.80. The maximum absolute atomic E-state index is 12.9. The van der Waals surface area contributed by atoms with Crippen LogP contribution >= 0.6 is 11.8 Å². The lowest BCUT2D eigenvalue weighted by molar-refractivity contribution is -0.132. The minimum absolute atomic E-state index is 0.0182. The van der Waals surface area contributed by atoms with Crippen LogP contribution in [0.15, 0.2) is 23.4 Å². The van der Waals surface area contributed by atoms with E-state index in [0.717, 1.165) is 10.7 Å². The van der Waals surface area contributed by atoms with Crippen LogP contribution in [0, 0.1) is 5.92 Å². The number of aromatic nitrogens is 1. The highest BCUT2D eigenvalue weighted by atomic mass is 32.2. The van der Waals surface area contributed by atoms with Crippen LogP contribution in [0.3, 0.4) is 0 Å². The number of pyridine rings is 1. The summed E-state index contributed by atoms with van der Waals surface area (Å²) in [7, 11) is 0. The van der Waals surface area contributed by atoms with Crippen LogP contribution in [0.25, 0.3) is 0 Å². The molecule has 23 heavy (non-hydrogen) atoms. The minimum Gasteiger partial charge on any atom is -0.343 e. The van der Waals surface area contributed by atoms with E-state index in [0.29, 0.717) is 25.6 Å². The molecule has 0 N–H and O–H groups in total. The summed E-state index contributed by atoms with van der Waals surface area (Å²) in [6.45, 7) is 10.1. The molecule has 0 aliphatic carbocycles. The van der Waals surface area contributed by atoms with Gasteiger partial charge in [0.1, 0.15) is 5.03 Å². The third kappa shape index (κ3) is 4.05. The molecule has 0 aromatic carbocycles. The molecule has 0 radical (unpaired) electrons. The van der Waals surface area contributed by atoms with Gasteiger partial charge < -0.3 is 9.80 Å². The second-order valence-electron chi connectivity index (χ2n) is 6.05. The Morgan fingerprint density at radius 3 is 2.70 bits per heavy atom. The van der Waals surface area contributed by atoms with E-state index in [4.69, 9.17) is 0 Å². The summed E-state index contributed by atoms with van der Waals surface area (Å²) in [6, 6.07) is 3.78. The monoisotopic (exact) mass is 335 g/mol. The summed E-state index contributed by atoms with van der Waals surface area (Å²) in [5.41, 5.74) is 0.864. The van der Waals surface area contributed by atoms with Crippen molar-refractivity contribution >= 4 is 29.3 Å². The summed E-state index contributed by atoms with van der Waals surface area (Å²) < 4.78 is 0. The van der Waals surface area contributed by atoms with Gasteiger partial charge in [0.25, 0.3) is 0 Å². The average Bonchev–Trinajstić information content (AvgIpc) is 2.52. The van der Waals surface area contributed by atoms with Gasteiger partial charge in [0.2, 0.25) is 11.8 Å². The van der Waals surface area contributed by atoms with Gasteiger partial charge in [-0.25, -0.2) is 4.98 Å². The number of rotatable bonds is 6. The van der Waals surface area contributed by atoms with Crippen molar-refractivity contribution in [3.8, 4) is 0 Å². The van der Waals surface area contributed by atoms with Crippen LogP contribution < -0.4 is 4.90 Å². The van der Waals surface area contributed by atoms with E-state index in [2.05, 4.69) is 18.8 Å². The molecule has 1 atom stereocenters. The minimum atomic E-state index is -0.385. The Labute approximate surface area is 142 Å². The largest absolute Gasteiger partial charge is 0.343 e. The molecule has 126 valence electrons. The average molecular weight is 335 g/mol. The lowest BCUT2D eigenvalue weighted by Crippen LogP contribution is -2.45. The van der Waals surface area contributed by atoms with E-state index in [9.17, 15) is 9.59 Å². The van der Waals surface area contributed by atoms with Crippen LogP contribution in [-0.2, 0) is 9.59 Å². The van der Waals surface area contributed by atoms with Crippen LogP contribution in [0.1, 0.15) is 34.1 Å². The molecule has 0 saturated heterocycles. The van der Waals surface area contributed by atoms with E-state index < -0.39 is 0 Å². The first kappa shape index (κ1) is 17.8. The van der Waals surface area contributed by atoms with Gasteiger partial charge in [-0.3, -0.25) is 9.59 Å². The van der Waals surface area contributed by atoms with E-state index in [1.165, 1.54) is 11.8 Å². The Bertz CT molecular complexity index is 573. The molecule has 6 heteroatoms. The molecule has 1 aromatic rings. The van der Waals surface area contributed by atoms with Crippen molar-refractivity contribution in [3.63, 3.8) is 0 Å². The van der Waals surface area contributed by atoms with Crippen LogP contribution in [0.5, 0.6) is 0 Å². The third-order valence-corrected chi connectivity index (χ3v) is 5.05. The van der Waals surface area contributed by atoms with Crippen LogP contribution in [0.4, 0.5) is 5.69 Å². The quantitative estimate of drug-likeness (QED) is 0.802. The zero-order valence-electron chi connectivity index (χ0n) is 14.3. The van der Waals surface area contributed by atoms with Gasteiger partial charge in [0.05, 0.1) is 10.9 Å². The normalized spacial score (nSPS) is 17.3. The fourth-order valence-corrected chi connectivity index (χ4v) is 3.85. The Kier molecular flexibility index (Phi) is 6.04. The molecule has 0 unspecified atom stereocenters. The number of carbonyl (C=O) groups is 2. The molecule has 1 aromatic heterocycles. The van der Waals surface area contributed by atoms with E-state index in [1.54, 1.807) is 16.0 Å². The third-order valence-electron chi connectivity index (χ3n) is 3.86. The van der Waals surface area contributed by atoms with Gasteiger partial charge in [-0.1, -0.05) is 25.6 Å². The number of anilines is 1. The SMILES string of the molecule is CCN(CC)C(=O)C[C@H]1Sc2ncccc2N(CC(C)C)C1=O. The summed E-state index contributed by atoms with van der Waals surface area (Å²) in [5, 5.41) is 0.453. The molecule has 2 amide bonds. The topological polar surface area (TPSA) is 53.5 Å². The fraction of sp³-hybridized carbons (Fsp3) is 0.588. The Hall–Kier alpha value is -1.56. The van der Waals surface area contributed by atoms with Gasteiger partial charge >= 0.3 is 0 Å². The van der Waals surface area contributed by atoms with Crippen molar-refractivity contribution in [3.05, 3.63) is 18.3 Å². The zero-order chi connectivity index (χ0) is 17.0. The molecular formula is C17H25N3O2S. The van der Waals surface area contributed by atoms with E-state index in [-0.39, 0.29) is 23.5 Å². The number of hydrogen-bond donors (Lipinski definition) is 0. The molecule has 1 aliphatic rings. The number of carbonyl (C=O) groups excluding carboxylic acids is 2. The van der Waals surface area contributed by atoms with Crippen LogP contribution in [0.2, 0.25) is 0 Å². The highest BCUT2D eigenvalue weighted by molar-refractivity contribution is 8.00. The fourth-order valence-electron chi connectivity index (χ4n) is 2.70. The summed E-state index contributed by atoms with van der Waals surface area (Å²) >= 11 is 1.41. The summed E-state index contributed by atoms with van der Waals surface area (Å²) in [6.07, 6.45) is 1.97. The van der Waals surface area contributed by atoms with Gasteiger partial charge in [-0.2, -0.15) is 0 Å². The molecular weight excluding hydrogens is 310 g/mol. The number of nitrogens with zero attached hydrogens (tertiary/aromatic N) is 3. The number of thioether (sulfide) groups is 1. The second-order valence-corrected chi connectivity index (χ2v) is 7.24. The first-order chi connectivity index (χ1) is 11.0. The lowest BCUT2D eigenvalue weighted by Gasteiger charge is -2.34. The molecule has 1 aliphatic heterocycles. The van der Waals surface area contributed by atoms with Crippen molar-refractivity contribution in [2.45, 2.75) is 44.4 Å². The Morgan fingerprint density at radius 1 is 1.39 bits per heavy atom. The Morgan fingerprint density at radius 2 is 2.09 bits per heavy atom. The second kappa shape index (κ2) is 7.81. The van der Waals surface area contributed by atoms with Crippen molar-refractivity contribution in [1.29, 1.82) is 0 Å².